The molecule has 0 saturated heterocycles. The van der Waals surface area contributed by atoms with Crippen LogP contribution in [-0.4, -0.2) is 27.8 Å². The monoisotopic (exact) mass is 359 g/mol. The summed E-state index contributed by atoms with van der Waals surface area (Å²) in [7, 11) is 0. The average Bonchev–Trinajstić information content (AvgIpc) is 3.04. The SMILES string of the molecule is CC(=O)NN=Cc1cc(C)n(-c2sc3c(c2C(=O)O)CCCC3)c1C. The fourth-order valence-corrected chi connectivity index (χ4v) is 4.84. The summed E-state index contributed by atoms with van der Waals surface area (Å²) < 4.78 is 1.99. The number of thiophene rings is 1. The zero-order chi connectivity index (χ0) is 18.1. The third-order valence-corrected chi connectivity index (χ3v) is 5.74. The quantitative estimate of drug-likeness (QED) is 0.649. The first kappa shape index (κ1) is 17.4. The van der Waals surface area contributed by atoms with Crippen molar-refractivity contribution in [2.75, 3.05) is 0 Å². The number of carbonyl (C=O) groups is 2. The summed E-state index contributed by atoms with van der Waals surface area (Å²) >= 11 is 1.58. The van der Waals surface area contributed by atoms with Crippen molar-refractivity contribution in [1.82, 2.24) is 9.99 Å². The lowest BCUT2D eigenvalue weighted by Gasteiger charge is -2.11. The van der Waals surface area contributed by atoms with Gasteiger partial charge in [-0.05, 0) is 51.2 Å². The van der Waals surface area contributed by atoms with Crippen LogP contribution in [-0.2, 0) is 17.6 Å². The van der Waals surface area contributed by atoms with Gasteiger partial charge in [-0.15, -0.1) is 11.3 Å². The molecule has 2 N–H and O–H groups in total. The third kappa shape index (κ3) is 3.24. The Labute approximate surface area is 150 Å². The van der Waals surface area contributed by atoms with E-state index in [1.807, 2.05) is 24.5 Å². The first-order chi connectivity index (χ1) is 11.9. The highest BCUT2D eigenvalue weighted by Crippen LogP contribution is 2.38. The van der Waals surface area contributed by atoms with Gasteiger partial charge in [-0.3, -0.25) is 4.79 Å². The van der Waals surface area contributed by atoms with Crippen molar-refractivity contribution in [2.45, 2.75) is 46.5 Å². The number of carbonyl (C=O) groups excluding carboxylic acids is 1. The Bertz CT molecular complexity index is 877. The van der Waals surface area contributed by atoms with Crippen LogP contribution in [0.2, 0.25) is 0 Å². The standard InChI is InChI=1S/C18H21N3O3S/c1-10-8-13(9-19-20-12(3)22)11(2)21(10)17-16(18(23)24)14-6-4-5-7-15(14)25-17/h8-9H,4-7H2,1-3H3,(H,20,22)(H,23,24). The minimum absolute atomic E-state index is 0.232. The van der Waals surface area contributed by atoms with Crippen LogP contribution in [0.4, 0.5) is 0 Å². The van der Waals surface area contributed by atoms with E-state index >= 15 is 0 Å². The van der Waals surface area contributed by atoms with E-state index in [2.05, 4.69) is 10.5 Å². The highest BCUT2D eigenvalue weighted by Gasteiger charge is 2.27. The second-order valence-electron chi connectivity index (χ2n) is 6.28. The largest absolute Gasteiger partial charge is 0.478 e. The summed E-state index contributed by atoms with van der Waals surface area (Å²) in [5.41, 5.74) is 6.54. The van der Waals surface area contributed by atoms with Gasteiger partial charge >= 0.3 is 5.97 Å². The number of aryl methyl sites for hydroxylation is 2. The van der Waals surface area contributed by atoms with Gasteiger partial charge in [0.25, 0.3) is 0 Å². The van der Waals surface area contributed by atoms with Crippen molar-refractivity contribution in [1.29, 1.82) is 0 Å². The van der Waals surface area contributed by atoms with Crippen LogP contribution in [0.3, 0.4) is 0 Å². The number of nitrogens with one attached hydrogen (secondary N) is 1. The summed E-state index contributed by atoms with van der Waals surface area (Å²) in [6, 6.07) is 1.95. The fourth-order valence-electron chi connectivity index (χ4n) is 3.35. The van der Waals surface area contributed by atoms with Crippen LogP contribution in [0.1, 0.15) is 57.5 Å². The summed E-state index contributed by atoms with van der Waals surface area (Å²) in [4.78, 5) is 24.1. The number of fused-ring (bicyclic) bond motifs is 1. The molecule has 0 fully saturated rings. The predicted molar refractivity (Wildman–Crippen MR) is 98.1 cm³/mol. The molecule has 25 heavy (non-hydrogen) atoms. The van der Waals surface area contributed by atoms with E-state index in [9.17, 15) is 14.7 Å². The number of rotatable bonds is 4. The maximum absolute atomic E-state index is 11.9. The van der Waals surface area contributed by atoms with E-state index in [1.165, 1.54) is 11.8 Å². The normalized spacial score (nSPS) is 13.9. The highest BCUT2D eigenvalue weighted by atomic mass is 32.1. The van der Waals surface area contributed by atoms with E-state index in [0.717, 1.165) is 53.2 Å². The first-order valence-corrected chi connectivity index (χ1v) is 9.08. The molecule has 6 nitrogen and oxygen atoms in total. The molecule has 0 bridgehead atoms. The summed E-state index contributed by atoms with van der Waals surface area (Å²) in [5.74, 6) is -1.10. The number of nitrogens with zero attached hydrogens (tertiary/aromatic N) is 2. The van der Waals surface area contributed by atoms with Gasteiger partial charge in [-0.25, -0.2) is 10.2 Å². The van der Waals surface area contributed by atoms with Gasteiger partial charge in [0, 0.05) is 28.8 Å². The molecule has 2 heterocycles. The van der Waals surface area contributed by atoms with Crippen molar-refractivity contribution in [3.8, 4) is 5.00 Å². The Morgan fingerprint density at radius 2 is 2.04 bits per heavy atom. The Morgan fingerprint density at radius 1 is 1.32 bits per heavy atom. The molecule has 0 unspecified atom stereocenters. The molecule has 7 heteroatoms. The van der Waals surface area contributed by atoms with Crippen molar-refractivity contribution in [2.24, 2.45) is 5.10 Å². The maximum Gasteiger partial charge on any atom is 0.339 e. The van der Waals surface area contributed by atoms with E-state index in [-0.39, 0.29) is 5.91 Å². The average molecular weight is 359 g/mol. The lowest BCUT2D eigenvalue weighted by Crippen LogP contribution is -2.12. The zero-order valence-corrected chi connectivity index (χ0v) is 15.4. The van der Waals surface area contributed by atoms with Crippen molar-refractivity contribution in [3.63, 3.8) is 0 Å². The highest BCUT2D eigenvalue weighted by molar-refractivity contribution is 7.15. The molecule has 0 radical (unpaired) electrons. The lowest BCUT2D eigenvalue weighted by molar-refractivity contribution is -0.118. The molecular weight excluding hydrogens is 338 g/mol. The molecule has 1 amide bonds. The third-order valence-electron chi connectivity index (χ3n) is 4.47. The van der Waals surface area contributed by atoms with E-state index in [0.29, 0.717) is 5.56 Å². The summed E-state index contributed by atoms with van der Waals surface area (Å²) in [6.45, 7) is 5.29. The topological polar surface area (TPSA) is 83.7 Å². The van der Waals surface area contributed by atoms with Gasteiger partial charge in [0.15, 0.2) is 0 Å². The van der Waals surface area contributed by atoms with E-state index < -0.39 is 5.97 Å². The minimum atomic E-state index is -0.865. The summed E-state index contributed by atoms with van der Waals surface area (Å²) in [6.07, 6.45) is 5.54. The molecule has 1 aliphatic rings. The number of aromatic nitrogens is 1. The second kappa shape index (κ2) is 6.84. The molecule has 2 aromatic heterocycles. The molecule has 1 aliphatic carbocycles. The van der Waals surface area contributed by atoms with Crippen molar-refractivity contribution >= 4 is 29.4 Å². The zero-order valence-electron chi connectivity index (χ0n) is 14.5. The molecule has 0 saturated carbocycles. The number of hydrogen-bond acceptors (Lipinski definition) is 4. The molecule has 0 aromatic carbocycles. The summed E-state index contributed by atoms with van der Waals surface area (Å²) in [5, 5.41) is 14.5. The fraction of sp³-hybridized carbons (Fsp3) is 0.389. The molecule has 132 valence electrons. The lowest BCUT2D eigenvalue weighted by atomic mass is 9.95. The van der Waals surface area contributed by atoms with Crippen LogP contribution in [0.25, 0.3) is 5.00 Å². The number of carboxylic acid groups (broad SMARTS) is 1. The first-order valence-electron chi connectivity index (χ1n) is 8.27. The molecule has 0 atom stereocenters. The Balaban J connectivity index is 2.10. The van der Waals surface area contributed by atoms with Crippen molar-refractivity contribution < 1.29 is 14.7 Å². The van der Waals surface area contributed by atoms with Crippen LogP contribution in [0.5, 0.6) is 0 Å². The maximum atomic E-state index is 11.9. The molecular formula is C18H21N3O3S. The van der Waals surface area contributed by atoms with Crippen LogP contribution >= 0.6 is 11.3 Å². The van der Waals surface area contributed by atoms with Crippen LogP contribution in [0.15, 0.2) is 11.2 Å². The van der Waals surface area contributed by atoms with Gasteiger partial charge in [-0.2, -0.15) is 5.10 Å². The Kier molecular flexibility index (Phi) is 4.76. The van der Waals surface area contributed by atoms with Crippen LogP contribution < -0.4 is 5.43 Å². The Hall–Kier alpha value is -2.41. The molecule has 0 spiro atoms. The number of aromatic carboxylic acids is 1. The number of carboxylic acids is 1. The van der Waals surface area contributed by atoms with E-state index in [1.54, 1.807) is 17.6 Å². The van der Waals surface area contributed by atoms with Gasteiger partial charge in [0.1, 0.15) is 5.00 Å². The minimum Gasteiger partial charge on any atom is -0.478 e. The van der Waals surface area contributed by atoms with Gasteiger partial charge in [0.05, 0.1) is 11.8 Å². The van der Waals surface area contributed by atoms with Crippen LogP contribution in [0, 0.1) is 13.8 Å². The van der Waals surface area contributed by atoms with E-state index in [4.69, 9.17) is 0 Å². The molecule has 2 aromatic rings. The van der Waals surface area contributed by atoms with Crippen molar-refractivity contribution in [3.05, 3.63) is 39.0 Å². The molecule has 3 rings (SSSR count). The van der Waals surface area contributed by atoms with Gasteiger partial charge in [-0.1, -0.05) is 0 Å². The predicted octanol–water partition coefficient (Wildman–Crippen LogP) is 3.20. The second-order valence-corrected chi connectivity index (χ2v) is 7.37. The molecule has 0 aliphatic heterocycles. The number of amides is 1. The number of hydrazone groups is 1. The van der Waals surface area contributed by atoms with Gasteiger partial charge < -0.3 is 9.67 Å². The smallest absolute Gasteiger partial charge is 0.339 e. The number of hydrogen-bond donors (Lipinski definition) is 2. The Morgan fingerprint density at radius 3 is 2.72 bits per heavy atom. The van der Waals surface area contributed by atoms with Gasteiger partial charge in [0.2, 0.25) is 5.91 Å².